The van der Waals surface area contributed by atoms with Gasteiger partial charge in [-0.25, -0.2) is 0 Å². The SMILES string of the molecule is C=CC(C#N)C#N. The fourth-order valence-electron chi connectivity index (χ4n) is 0.134. The van der Waals surface area contributed by atoms with Crippen molar-refractivity contribution in [2.75, 3.05) is 0 Å². The Bertz CT molecular complexity index is 121. The van der Waals surface area contributed by atoms with E-state index in [0.717, 1.165) is 0 Å². The molecule has 0 aliphatic carbocycles. The Morgan fingerprint density at radius 2 is 1.86 bits per heavy atom. The topological polar surface area (TPSA) is 47.6 Å². The van der Waals surface area contributed by atoms with Gasteiger partial charge in [-0.2, -0.15) is 10.5 Å². The first kappa shape index (κ1) is 5.72. The fraction of sp³-hybridized carbons (Fsp3) is 0.200. The highest BCUT2D eigenvalue weighted by Crippen LogP contribution is 1.88. The minimum Gasteiger partial charge on any atom is -0.197 e. The summed E-state index contributed by atoms with van der Waals surface area (Å²) in [4.78, 5) is 0. The highest BCUT2D eigenvalue weighted by molar-refractivity contribution is 5.08. The summed E-state index contributed by atoms with van der Waals surface area (Å²) >= 11 is 0. The van der Waals surface area contributed by atoms with Crippen LogP contribution in [0, 0.1) is 28.6 Å². The standard InChI is InChI=1S/C5H4N2/c1-2-5(3-6)4-7/h2,5H,1H2. The summed E-state index contributed by atoms with van der Waals surface area (Å²) in [6.45, 7) is 3.26. The van der Waals surface area contributed by atoms with Gasteiger partial charge in [-0.05, 0) is 0 Å². The van der Waals surface area contributed by atoms with E-state index in [-0.39, 0.29) is 0 Å². The molecule has 34 valence electrons. The normalized spacial score (nSPS) is 6.71. The van der Waals surface area contributed by atoms with E-state index < -0.39 is 5.92 Å². The van der Waals surface area contributed by atoms with Crippen molar-refractivity contribution in [3.63, 3.8) is 0 Å². The van der Waals surface area contributed by atoms with Gasteiger partial charge in [-0.15, -0.1) is 6.58 Å². The summed E-state index contributed by atoms with van der Waals surface area (Å²) in [7, 11) is 0. The lowest BCUT2D eigenvalue weighted by atomic mass is 10.2. The van der Waals surface area contributed by atoms with Crippen LogP contribution in [0.1, 0.15) is 0 Å². The largest absolute Gasteiger partial charge is 0.197 e. The lowest BCUT2D eigenvalue weighted by molar-refractivity contribution is 1.10. The first-order chi connectivity index (χ1) is 3.35. The van der Waals surface area contributed by atoms with Crippen LogP contribution in [0.15, 0.2) is 12.7 Å². The molecule has 0 fully saturated rings. The number of nitrogens with zero attached hydrogens (tertiary/aromatic N) is 2. The van der Waals surface area contributed by atoms with Crippen molar-refractivity contribution < 1.29 is 0 Å². The average Bonchev–Trinajstić information content (AvgIpc) is 1.72. The van der Waals surface area contributed by atoms with E-state index in [1.54, 1.807) is 12.1 Å². The van der Waals surface area contributed by atoms with E-state index in [2.05, 4.69) is 6.58 Å². The minimum atomic E-state index is -0.639. The smallest absolute Gasteiger partial charge is 0.151 e. The highest BCUT2D eigenvalue weighted by Gasteiger charge is 1.92. The maximum absolute atomic E-state index is 7.98. The minimum absolute atomic E-state index is 0.639. The number of rotatable bonds is 1. The van der Waals surface area contributed by atoms with Crippen molar-refractivity contribution in [2.45, 2.75) is 0 Å². The van der Waals surface area contributed by atoms with Crippen molar-refractivity contribution in [1.29, 1.82) is 10.5 Å². The van der Waals surface area contributed by atoms with Crippen LogP contribution in [0.3, 0.4) is 0 Å². The molecule has 0 aromatic heterocycles. The molecule has 0 N–H and O–H groups in total. The summed E-state index contributed by atoms with van der Waals surface area (Å²) in [5.41, 5.74) is 0. The first-order valence-electron chi connectivity index (χ1n) is 1.77. The molecule has 0 unspecified atom stereocenters. The van der Waals surface area contributed by atoms with Crippen molar-refractivity contribution in [3.8, 4) is 12.1 Å². The third-order valence-corrected chi connectivity index (χ3v) is 0.514. The van der Waals surface area contributed by atoms with Gasteiger partial charge < -0.3 is 0 Å². The predicted molar refractivity (Wildman–Crippen MR) is 24.9 cm³/mol. The maximum Gasteiger partial charge on any atom is 0.151 e. The third-order valence-electron chi connectivity index (χ3n) is 0.514. The van der Waals surface area contributed by atoms with Crippen LogP contribution in [-0.4, -0.2) is 0 Å². The van der Waals surface area contributed by atoms with Gasteiger partial charge in [0.25, 0.3) is 0 Å². The summed E-state index contributed by atoms with van der Waals surface area (Å²) in [5, 5.41) is 16.0. The maximum atomic E-state index is 7.98. The molecule has 0 rings (SSSR count). The van der Waals surface area contributed by atoms with Gasteiger partial charge in [0.15, 0.2) is 5.92 Å². The number of nitriles is 2. The fourth-order valence-corrected chi connectivity index (χ4v) is 0.134. The molecule has 0 aliphatic heterocycles. The molecule has 0 heterocycles. The zero-order valence-electron chi connectivity index (χ0n) is 3.76. The molecular formula is C5H4N2. The van der Waals surface area contributed by atoms with Crippen LogP contribution in [-0.2, 0) is 0 Å². The molecule has 2 nitrogen and oxygen atoms in total. The van der Waals surface area contributed by atoms with Crippen molar-refractivity contribution >= 4 is 0 Å². The second-order valence-electron chi connectivity index (χ2n) is 0.972. The lowest BCUT2D eigenvalue weighted by Gasteiger charge is -1.77. The molecule has 0 aromatic carbocycles. The molecule has 0 aliphatic rings. The van der Waals surface area contributed by atoms with Crippen LogP contribution < -0.4 is 0 Å². The van der Waals surface area contributed by atoms with E-state index in [1.165, 1.54) is 6.08 Å². The summed E-state index contributed by atoms with van der Waals surface area (Å²) in [6.07, 6.45) is 1.31. The molecule has 7 heavy (non-hydrogen) atoms. The summed E-state index contributed by atoms with van der Waals surface area (Å²) in [6, 6.07) is 3.44. The Morgan fingerprint density at radius 3 is 1.86 bits per heavy atom. The Morgan fingerprint density at radius 1 is 1.43 bits per heavy atom. The summed E-state index contributed by atoms with van der Waals surface area (Å²) < 4.78 is 0. The van der Waals surface area contributed by atoms with E-state index in [4.69, 9.17) is 10.5 Å². The highest BCUT2D eigenvalue weighted by atomic mass is 14.3. The molecule has 0 bridgehead atoms. The van der Waals surface area contributed by atoms with E-state index in [9.17, 15) is 0 Å². The second-order valence-corrected chi connectivity index (χ2v) is 0.972. The van der Waals surface area contributed by atoms with E-state index in [0.29, 0.717) is 0 Å². The number of hydrogen-bond donors (Lipinski definition) is 0. The Labute approximate surface area is 42.3 Å². The van der Waals surface area contributed by atoms with Crippen LogP contribution in [0.2, 0.25) is 0 Å². The molecular weight excluding hydrogens is 88.1 g/mol. The second kappa shape index (κ2) is 2.93. The number of hydrogen-bond acceptors (Lipinski definition) is 2. The molecule has 0 radical (unpaired) electrons. The predicted octanol–water partition coefficient (Wildman–Crippen LogP) is 0.836. The average molecular weight is 92.1 g/mol. The number of allylic oxidation sites excluding steroid dienone is 1. The lowest BCUT2D eigenvalue weighted by Crippen LogP contribution is -1.81. The molecule has 0 atom stereocenters. The van der Waals surface area contributed by atoms with E-state index >= 15 is 0 Å². The monoisotopic (exact) mass is 92.0 g/mol. The van der Waals surface area contributed by atoms with Gasteiger partial charge >= 0.3 is 0 Å². The van der Waals surface area contributed by atoms with Crippen LogP contribution in [0.5, 0.6) is 0 Å². The Hall–Kier alpha value is -1.28. The quantitative estimate of drug-likeness (QED) is 0.450. The van der Waals surface area contributed by atoms with Gasteiger partial charge in [-0.3, -0.25) is 0 Å². The molecule has 0 amide bonds. The van der Waals surface area contributed by atoms with Gasteiger partial charge in [0.05, 0.1) is 12.1 Å². The van der Waals surface area contributed by atoms with Gasteiger partial charge in [0.1, 0.15) is 0 Å². The molecule has 0 saturated heterocycles. The van der Waals surface area contributed by atoms with Crippen molar-refractivity contribution in [1.82, 2.24) is 0 Å². The van der Waals surface area contributed by atoms with Gasteiger partial charge in [0.2, 0.25) is 0 Å². The molecule has 0 aromatic rings. The van der Waals surface area contributed by atoms with Gasteiger partial charge in [-0.1, -0.05) is 6.08 Å². The van der Waals surface area contributed by atoms with E-state index in [1.807, 2.05) is 0 Å². The van der Waals surface area contributed by atoms with Gasteiger partial charge in [0, 0.05) is 0 Å². The first-order valence-corrected chi connectivity index (χ1v) is 1.77. The summed E-state index contributed by atoms with van der Waals surface area (Å²) in [5.74, 6) is -0.639. The molecule has 2 heteroatoms. The zero-order chi connectivity index (χ0) is 5.70. The van der Waals surface area contributed by atoms with Crippen LogP contribution >= 0.6 is 0 Å². The Balaban J connectivity index is 3.73. The van der Waals surface area contributed by atoms with Crippen molar-refractivity contribution in [3.05, 3.63) is 12.7 Å². The van der Waals surface area contributed by atoms with Crippen LogP contribution in [0.4, 0.5) is 0 Å². The molecule has 0 spiro atoms. The molecule has 0 saturated carbocycles. The third kappa shape index (κ3) is 1.57. The van der Waals surface area contributed by atoms with Crippen LogP contribution in [0.25, 0.3) is 0 Å². The zero-order valence-corrected chi connectivity index (χ0v) is 3.76. The Kier molecular flexibility index (Phi) is 2.40. The van der Waals surface area contributed by atoms with Crippen molar-refractivity contribution in [2.24, 2.45) is 5.92 Å².